The Morgan fingerprint density at radius 2 is 2.07 bits per heavy atom. The van der Waals surface area contributed by atoms with E-state index in [0.29, 0.717) is 25.5 Å². The molecule has 1 saturated heterocycles. The lowest BCUT2D eigenvalue weighted by molar-refractivity contribution is -0.142. The normalized spacial score (nSPS) is 16.8. The van der Waals surface area contributed by atoms with Crippen molar-refractivity contribution in [2.45, 2.75) is 39.0 Å². The number of aliphatic carboxylic acids is 1. The fraction of sp³-hybridized carbons (Fsp3) is 0.304. The molecule has 1 aromatic heterocycles. The predicted molar refractivity (Wildman–Crippen MR) is 109 cm³/mol. The number of oxazole rings is 1. The summed E-state index contributed by atoms with van der Waals surface area (Å²) >= 11 is 0. The summed E-state index contributed by atoms with van der Waals surface area (Å²) in [5.41, 5.74) is 2.74. The van der Waals surface area contributed by atoms with E-state index in [1.807, 2.05) is 66.4 Å². The third-order valence-corrected chi connectivity index (χ3v) is 5.22. The molecule has 150 valence electrons. The molecular formula is C23H24N2O4. The van der Waals surface area contributed by atoms with Crippen LogP contribution in [-0.2, 0) is 17.9 Å². The summed E-state index contributed by atoms with van der Waals surface area (Å²) < 4.78 is 11.7. The van der Waals surface area contributed by atoms with Gasteiger partial charge in [-0.25, -0.2) is 4.98 Å². The van der Waals surface area contributed by atoms with Crippen LogP contribution >= 0.6 is 0 Å². The van der Waals surface area contributed by atoms with Gasteiger partial charge in [0.2, 0.25) is 5.89 Å². The summed E-state index contributed by atoms with van der Waals surface area (Å²) in [7, 11) is 0. The predicted octanol–water partition coefficient (Wildman–Crippen LogP) is 4.28. The molecule has 1 atom stereocenters. The van der Waals surface area contributed by atoms with Crippen molar-refractivity contribution in [1.82, 2.24) is 9.88 Å². The van der Waals surface area contributed by atoms with Crippen LogP contribution in [0, 0.1) is 6.92 Å². The van der Waals surface area contributed by atoms with E-state index < -0.39 is 12.0 Å². The number of aromatic nitrogens is 1. The molecule has 6 heteroatoms. The lowest BCUT2D eigenvalue weighted by Gasteiger charge is -2.21. The van der Waals surface area contributed by atoms with Crippen molar-refractivity contribution in [2.24, 2.45) is 0 Å². The van der Waals surface area contributed by atoms with Gasteiger partial charge < -0.3 is 14.3 Å². The van der Waals surface area contributed by atoms with Gasteiger partial charge >= 0.3 is 5.97 Å². The highest BCUT2D eigenvalue weighted by molar-refractivity contribution is 5.73. The number of nitrogens with zero attached hydrogens (tertiary/aromatic N) is 2. The molecule has 0 amide bonds. The largest absolute Gasteiger partial charge is 0.487 e. The highest BCUT2D eigenvalue weighted by Gasteiger charge is 2.30. The third kappa shape index (κ3) is 4.49. The van der Waals surface area contributed by atoms with Crippen molar-refractivity contribution in [3.05, 3.63) is 71.6 Å². The lowest BCUT2D eigenvalue weighted by atomic mass is 10.1. The minimum absolute atomic E-state index is 0.313. The summed E-state index contributed by atoms with van der Waals surface area (Å²) in [6.45, 7) is 3.61. The number of carboxylic acids is 1. The van der Waals surface area contributed by atoms with Crippen molar-refractivity contribution in [2.75, 3.05) is 6.54 Å². The molecule has 0 aliphatic carbocycles. The maximum Gasteiger partial charge on any atom is 0.320 e. The first-order valence-corrected chi connectivity index (χ1v) is 9.80. The maximum atomic E-state index is 11.4. The summed E-state index contributed by atoms with van der Waals surface area (Å²) in [5, 5.41) is 9.35. The minimum Gasteiger partial charge on any atom is -0.487 e. The van der Waals surface area contributed by atoms with Gasteiger partial charge in [-0.2, -0.15) is 0 Å². The molecular weight excluding hydrogens is 368 g/mol. The Morgan fingerprint density at radius 3 is 2.86 bits per heavy atom. The van der Waals surface area contributed by atoms with Gasteiger partial charge in [0, 0.05) is 12.1 Å². The SMILES string of the molecule is Cc1oc(-c2ccccc2)nc1COc1cccc(CN2CCCC2C(=O)O)c1. The highest BCUT2D eigenvalue weighted by Crippen LogP contribution is 2.24. The number of ether oxygens (including phenoxy) is 1. The van der Waals surface area contributed by atoms with Crippen LogP contribution in [0.4, 0.5) is 0 Å². The van der Waals surface area contributed by atoms with E-state index in [1.165, 1.54) is 0 Å². The van der Waals surface area contributed by atoms with E-state index >= 15 is 0 Å². The van der Waals surface area contributed by atoms with E-state index in [9.17, 15) is 9.90 Å². The number of carboxylic acid groups (broad SMARTS) is 1. The Morgan fingerprint density at radius 1 is 1.24 bits per heavy atom. The minimum atomic E-state index is -0.745. The van der Waals surface area contributed by atoms with Crippen LogP contribution in [-0.4, -0.2) is 33.5 Å². The molecule has 1 aliphatic heterocycles. The quantitative estimate of drug-likeness (QED) is 0.647. The first-order valence-electron chi connectivity index (χ1n) is 9.80. The standard InChI is InChI=1S/C23H24N2O4/c1-16-20(24-22(29-16)18-8-3-2-4-9-18)15-28-19-10-5-7-17(13-19)14-25-12-6-11-21(25)23(26)27/h2-5,7-10,13,21H,6,11-12,14-15H2,1H3,(H,26,27). The summed E-state index contributed by atoms with van der Waals surface area (Å²) in [6.07, 6.45) is 1.63. The Bertz CT molecular complexity index is 984. The molecule has 29 heavy (non-hydrogen) atoms. The van der Waals surface area contributed by atoms with Crippen LogP contribution in [0.3, 0.4) is 0 Å². The number of hydrogen-bond acceptors (Lipinski definition) is 5. The number of aryl methyl sites for hydroxylation is 1. The van der Waals surface area contributed by atoms with Crippen LogP contribution in [0.2, 0.25) is 0 Å². The van der Waals surface area contributed by atoms with E-state index in [4.69, 9.17) is 9.15 Å². The second-order valence-electron chi connectivity index (χ2n) is 7.29. The van der Waals surface area contributed by atoms with E-state index in [2.05, 4.69) is 4.98 Å². The maximum absolute atomic E-state index is 11.4. The zero-order valence-corrected chi connectivity index (χ0v) is 16.4. The summed E-state index contributed by atoms with van der Waals surface area (Å²) in [5.74, 6) is 1.31. The van der Waals surface area contributed by atoms with Gasteiger partial charge in [-0.3, -0.25) is 9.69 Å². The molecule has 2 aromatic carbocycles. The first kappa shape index (κ1) is 19.2. The molecule has 0 saturated carbocycles. The van der Waals surface area contributed by atoms with Crippen LogP contribution in [0.1, 0.15) is 29.9 Å². The smallest absolute Gasteiger partial charge is 0.320 e. The average Bonchev–Trinajstić information content (AvgIpc) is 3.34. The van der Waals surface area contributed by atoms with Crippen LogP contribution < -0.4 is 4.74 Å². The van der Waals surface area contributed by atoms with E-state index in [0.717, 1.165) is 41.3 Å². The molecule has 1 fully saturated rings. The van der Waals surface area contributed by atoms with Crippen molar-refractivity contribution in [3.63, 3.8) is 0 Å². The monoisotopic (exact) mass is 392 g/mol. The van der Waals surface area contributed by atoms with E-state index in [1.54, 1.807) is 0 Å². The van der Waals surface area contributed by atoms with Gasteiger partial charge in [0.1, 0.15) is 29.9 Å². The Kier molecular flexibility index (Phi) is 5.62. The van der Waals surface area contributed by atoms with Gasteiger partial charge in [-0.1, -0.05) is 30.3 Å². The number of hydrogen-bond donors (Lipinski definition) is 1. The zero-order valence-electron chi connectivity index (χ0n) is 16.4. The van der Waals surface area contributed by atoms with Crippen LogP contribution in [0.25, 0.3) is 11.5 Å². The Balaban J connectivity index is 1.41. The van der Waals surface area contributed by atoms with Crippen LogP contribution in [0.5, 0.6) is 5.75 Å². The van der Waals surface area contributed by atoms with Crippen molar-refractivity contribution in [3.8, 4) is 17.2 Å². The average molecular weight is 392 g/mol. The highest BCUT2D eigenvalue weighted by atomic mass is 16.5. The third-order valence-electron chi connectivity index (χ3n) is 5.22. The topological polar surface area (TPSA) is 75.8 Å². The molecule has 0 bridgehead atoms. The van der Waals surface area contributed by atoms with Crippen molar-refractivity contribution in [1.29, 1.82) is 0 Å². The summed E-state index contributed by atoms with van der Waals surface area (Å²) in [6, 6.07) is 17.2. The fourth-order valence-corrected chi connectivity index (χ4v) is 3.68. The molecule has 1 aliphatic rings. The lowest BCUT2D eigenvalue weighted by Crippen LogP contribution is -2.35. The van der Waals surface area contributed by atoms with Gasteiger partial charge in [0.25, 0.3) is 0 Å². The van der Waals surface area contributed by atoms with Gasteiger partial charge in [-0.05, 0) is 56.1 Å². The molecule has 1 unspecified atom stereocenters. The number of likely N-dealkylation sites (tertiary alicyclic amines) is 1. The molecule has 4 rings (SSSR count). The molecule has 2 heterocycles. The number of benzene rings is 2. The van der Waals surface area contributed by atoms with Crippen molar-refractivity contribution >= 4 is 5.97 Å². The molecule has 6 nitrogen and oxygen atoms in total. The molecule has 1 N–H and O–H groups in total. The zero-order chi connectivity index (χ0) is 20.2. The molecule has 0 spiro atoms. The number of rotatable bonds is 7. The van der Waals surface area contributed by atoms with Gasteiger partial charge in [0.15, 0.2) is 0 Å². The Hall–Kier alpha value is -3.12. The number of carbonyl (C=O) groups is 1. The molecule has 3 aromatic rings. The molecule has 0 radical (unpaired) electrons. The fourth-order valence-electron chi connectivity index (χ4n) is 3.68. The first-order chi connectivity index (χ1) is 14.1. The van der Waals surface area contributed by atoms with Crippen molar-refractivity contribution < 1.29 is 19.1 Å². The Labute approximate surface area is 169 Å². The summed E-state index contributed by atoms with van der Waals surface area (Å²) in [4.78, 5) is 18.0. The van der Waals surface area contributed by atoms with E-state index in [-0.39, 0.29) is 0 Å². The second-order valence-corrected chi connectivity index (χ2v) is 7.29. The van der Waals surface area contributed by atoms with Crippen LogP contribution in [0.15, 0.2) is 59.0 Å². The van der Waals surface area contributed by atoms with Gasteiger partial charge in [0.05, 0.1) is 0 Å². The second kappa shape index (κ2) is 8.49. The van der Waals surface area contributed by atoms with Gasteiger partial charge in [-0.15, -0.1) is 0 Å².